The van der Waals surface area contributed by atoms with Gasteiger partial charge < -0.3 is 15.8 Å². The van der Waals surface area contributed by atoms with Crippen molar-refractivity contribution in [2.24, 2.45) is 11.7 Å². The molecule has 1 aromatic rings. The number of nitrogens with one attached hydrogen (secondary N) is 1. The van der Waals surface area contributed by atoms with Crippen molar-refractivity contribution in [1.29, 1.82) is 0 Å². The van der Waals surface area contributed by atoms with Crippen LogP contribution in [0.5, 0.6) is 0 Å². The highest BCUT2D eigenvalue weighted by Gasteiger charge is 2.33. The summed E-state index contributed by atoms with van der Waals surface area (Å²) < 4.78 is 4.99. The summed E-state index contributed by atoms with van der Waals surface area (Å²) in [7, 11) is 0. The molecule has 0 saturated heterocycles. The Labute approximate surface area is 169 Å². The van der Waals surface area contributed by atoms with E-state index in [-0.39, 0.29) is 30.5 Å². The predicted octanol–water partition coefficient (Wildman–Crippen LogP) is 2.18. The summed E-state index contributed by atoms with van der Waals surface area (Å²) in [6.07, 6.45) is 4.24. The van der Waals surface area contributed by atoms with E-state index < -0.39 is 28.8 Å². The molecule has 2 amide bonds. The van der Waals surface area contributed by atoms with Gasteiger partial charge in [-0.1, -0.05) is 25.0 Å². The lowest BCUT2D eigenvalue weighted by molar-refractivity contribution is -0.384. The summed E-state index contributed by atoms with van der Waals surface area (Å²) in [6.45, 7) is 1.83. The van der Waals surface area contributed by atoms with E-state index in [1.165, 1.54) is 24.3 Å². The Kier molecular flexibility index (Phi) is 8.11. The van der Waals surface area contributed by atoms with Crippen LogP contribution in [-0.2, 0) is 19.1 Å². The Balaban J connectivity index is 2.23. The van der Waals surface area contributed by atoms with Gasteiger partial charge in [-0.15, -0.1) is 0 Å². The number of carbonyl (C=O) groups excluding carboxylic acids is 3. The van der Waals surface area contributed by atoms with Crippen LogP contribution in [0.4, 0.5) is 5.69 Å². The molecule has 0 aliphatic heterocycles. The summed E-state index contributed by atoms with van der Waals surface area (Å²) in [5.41, 5.74) is 5.90. The summed E-state index contributed by atoms with van der Waals surface area (Å²) >= 11 is 0. The molecule has 158 valence electrons. The van der Waals surface area contributed by atoms with Crippen molar-refractivity contribution in [3.05, 3.63) is 39.9 Å². The third-order valence-electron chi connectivity index (χ3n) is 5.20. The van der Waals surface area contributed by atoms with E-state index in [1.807, 2.05) is 0 Å². The minimum atomic E-state index is -1.13. The van der Waals surface area contributed by atoms with Gasteiger partial charge in [0, 0.05) is 24.5 Å². The van der Waals surface area contributed by atoms with Crippen molar-refractivity contribution < 1.29 is 24.0 Å². The fourth-order valence-corrected chi connectivity index (χ4v) is 3.75. The topological polar surface area (TPSA) is 142 Å². The molecule has 1 aliphatic carbocycles. The number of hydrogen-bond donors (Lipinski definition) is 2. The standard InChI is InChI=1S/C20H27N3O6/c1-2-29-18(25)12-16(14-7-9-15(10-8-14)23(27)28)19(20(21)26)22-17(24)11-13-5-3-4-6-13/h7-10,13,16,19H,2-6,11-12H2,1H3,(H2,21,26)(H,22,24)/t16-,19+/m0/s1. The Morgan fingerprint density at radius 3 is 2.38 bits per heavy atom. The van der Waals surface area contributed by atoms with Crippen LogP contribution in [0.15, 0.2) is 24.3 Å². The zero-order valence-electron chi connectivity index (χ0n) is 16.5. The van der Waals surface area contributed by atoms with Crippen LogP contribution >= 0.6 is 0 Å². The smallest absolute Gasteiger partial charge is 0.306 e. The van der Waals surface area contributed by atoms with E-state index in [0.717, 1.165) is 25.7 Å². The van der Waals surface area contributed by atoms with Crippen LogP contribution in [0.1, 0.15) is 56.9 Å². The molecule has 2 rings (SSSR count). The molecular formula is C20H27N3O6. The van der Waals surface area contributed by atoms with Gasteiger partial charge in [0.2, 0.25) is 11.8 Å². The highest BCUT2D eigenvalue weighted by atomic mass is 16.6. The molecule has 2 atom stereocenters. The molecule has 29 heavy (non-hydrogen) atoms. The summed E-state index contributed by atoms with van der Waals surface area (Å²) in [5, 5.41) is 13.6. The molecule has 0 aromatic heterocycles. The fraction of sp³-hybridized carbons (Fsp3) is 0.550. The minimum Gasteiger partial charge on any atom is -0.466 e. The van der Waals surface area contributed by atoms with Gasteiger partial charge in [0.05, 0.1) is 18.0 Å². The maximum absolute atomic E-state index is 12.5. The highest BCUT2D eigenvalue weighted by molar-refractivity contribution is 5.88. The van der Waals surface area contributed by atoms with Crippen molar-refractivity contribution in [3.8, 4) is 0 Å². The Morgan fingerprint density at radius 2 is 1.86 bits per heavy atom. The molecule has 0 heterocycles. The number of ether oxygens (including phenoxy) is 1. The van der Waals surface area contributed by atoms with Gasteiger partial charge in [-0.05, 0) is 31.2 Å². The number of amides is 2. The molecule has 9 heteroatoms. The van der Waals surface area contributed by atoms with Gasteiger partial charge in [0.1, 0.15) is 6.04 Å². The third-order valence-corrected chi connectivity index (χ3v) is 5.20. The van der Waals surface area contributed by atoms with Crippen LogP contribution in [-0.4, -0.2) is 35.4 Å². The fourth-order valence-electron chi connectivity index (χ4n) is 3.75. The predicted molar refractivity (Wildman–Crippen MR) is 105 cm³/mol. The molecule has 3 N–H and O–H groups in total. The number of carbonyl (C=O) groups is 3. The van der Waals surface area contributed by atoms with Crippen LogP contribution in [0.2, 0.25) is 0 Å². The number of hydrogen-bond acceptors (Lipinski definition) is 6. The van der Waals surface area contributed by atoms with Gasteiger partial charge in [-0.25, -0.2) is 0 Å². The van der Waals surface area contributed by atoms with Gasteiger partial charge in [-0.2, -0.15) is 0 Å². The second-order valence-corrected chi connectivity index (χ2v) is 7.27. The van der Waals surface area contributed by atoms with Crippen molar-refractivity contribution in [2.45, 2.75) is 57.4 Å². The Bertz CT molecular complexity index is 743. The lowest BCUT2D eigenvalue weighted by Gasteiger charge is -2.26. The van der Waals surface area contributed by atoms with Crippen LogP contribution in [0, 0.1) is 16.0 Å². The SMILES string of the molecule is CCOC(=O)C[C@@H](c1ccc([N+](=O)[O-])cc1)[C@@H](NC(=O)CC1CCCC1)C(N)=O. The lowest BCUT2D eigenvalue weighted by atomic mass is 9.87. The maximum atomic E-state index is 12.5. The zero-order valence-corrected chi connectivity index (χ0v) is 16.5. The average Bonchev–Trinajstić information content (AvgIpc) is 3.17. The highest BCUT2D eigenvalue weighted by Crippen LogP contribution is 2.29. The van der Waals surface area contributed by atoms with Gasteiger partial charge >= 0.3 is 5.97 Å². The number of primary amides is 1. The van der Waals surface area contributed by atoms with Crippen molar-refractivity contribution in [2.75, 3.05) is 6.61 Å². The van der Waals surface area contributed by atoms with Crippen LogP contribution in [0.3, 0.4) is 0 Å². The molecule has 1 saturated carbocycles. The maximum Gasteiger partial charge on any atom is 0.306 e. The molecule has 0 spiro atoms. The number of esters is 1. The number of nitro benzene ring substituents is 1. The van der Waals surface area contributed by atoms with Gasteiger partial charge in [0.15, 0.2) is 0 Å². The quantitative estimate of drug-likeness (QED) is 0.347. The largest absolute Gasteiger partial charge is 0.466 e. The van der Waals surface area contributed by atoms with E-state index in [1.54, 1.807) is 6.92 Å². The Hall–Kier alpha value is -2.97. The van der Waals surface area contributed by atoms with E-state index in [9.17, 15) is 24.5 Å². The van der Waals surface area contributed by atoms with Gasteiger partial charge in [0.25, 0.3) is 5.69 Å². The first kappa shape index (κ1) is 22.3. The summed E-state index contributed by atoms with van der Waals surface area (Å²) in [6, 6.07) is 4.36. The molecule has 9 nitrogen and oxygen atoms in total. The van der Waals surface area contributed by atoms with E-state index in [2.05, 4.69) is 5.32 Å². The molecule has 0 unspecified atom stereocenters. The minimum absolute atomic E-state index is 0.121. The number of nitrogens with two attached hydrogens (primary N) is 1. The first-order valence-corrected chi connectivity index (χ1v) is 9.80. The zero-order chi connectivity index (χ0) is 21.4. The van der Waals surface area contributed by atoms with Crippen LogP contribution < -0.4 is 11.1 Å². The second-order valence-electron chi connectivity index (χ2n) is 7.27. The molecular weight excluding hydrogens is 378 g/mol. The second kappa shape index (κ2) is 10.5. The van der Waals surface area contributed by atoms with Gasteiger partial charge in [-0.3, -0.25) is 24.5 Å². The molecule has 1 aromatic carbocycles. The van der Waals surface area contributed by atoms with Crippen molar-refractivity contribution in [3.63, 3.8) is 0 Å². The normalized spacial score (nSPS) is 16.0. The van der Waals surface area contributed by atoms with E-state index in [0.29, 0.717) is 12.0 Å². The summed E-state index contributed by atoms with van der Waals surface area (Å²) in [5.74, 6) is -2.13. The number of nitro groups is 1. The average molecular weight is 405 g/mol. The Morgan fingerprint density at radius 1 is 1.24 bits per heavy atom. The third kappa shape index (κ3) is 6.55. The number of nitrogens with zero attached hydrogens (tertiary/aromatic N) is 1. The van der Waals surface area contributed by atoms with E-state index in [4.69, 9.17) is 10.5 Å². The molecule has 0 bridgehead atoms. The first-order valence-electron chi connectivity index (χ1n) is 9.80. The first-order chi connectivity index (χ1) is 13.8. The van der Waals surface area contributed by atoms with Crippen molar-refractivity contribution >= 4 is 23.5 Å². The molecule has 1 fully saturated rings. The van der Waals surface area contributed by atoms with E-state index >= 15 is 0 Å². The molecule has 0 radical (unpaired) electrons. The number of rotatable bonds is 10. The number of benzene rings is 1. The van der Waals surface area contributed by atoms with Crippen molar-refractivity contribution in [1.82, 2.24) is 5.32 Å². The lowest BCUT2D eigenvalue weighted by Crippen LogP contribution is -2.49. The van der Waals surface area contributed by atoms with Crippen LogP contribution in [0.25, 0.3) is 0 Å². The number of non-ortho nitro benzene ring substituents is 1. The molecule has 1 aliphatic rings. The summed E-state index contributed by atoms with van der Waals surface area (Å²) in [4.78, 5) is 47.1. The monoisotopic (exact) mass is 405 g/mol.